The molecule has 1 aliphatic carbocycles. The lowest BCUT2D eigenvalue weighted by Gasteiger charge is -2.36. The normalized spacial score (nSPS) is 30.9. The van der Waals surface area contributed by atoms with E-state index in [1.54, 1.807) is 6.26 Å². The molecule has 2 atom stereocenters. The Labute approximate surface area is 105 Å². The predicted octanol–water partition coefficient (Wildman–Crippen LogP) is 2.43. The molecule has 1 aliphatic heterocycles. The van der Waals surface area contributed by atoms with Gasteiger partial charge in [0.1, 0.15) is 12.0 Å². The molecule has 92 valence electrons. The highest BCUT2D eigenvalue weighted by Crippen LogP contribution is 2.31. The van der Waals surface area contributed by atoms with Gasteiger partial charge in [-0.05, 0) is 18.8 Å². The van der Waals surface area contributed by atoms with Gasteiger partial charge >= 0.3 is 0 Å². The molecule has 0 spiro atoms. The fourth-order valence-electron chi connectivity index (χ4n) is 2.55. The fraction of sp³-hybridized carbons (Fsp3) is 0.667. The molecule has 1 aromatic rings. The summed E-state index contributed by atoms with van der Waals surface area (Å²) >= 11 is 1.85. The van der Waals surface area contributed by atoms with Gasteiger partial charge in [0.25, 0.3) is 0 Å². The summed E-state index contributed by atoms with van der Waals surface area (Å²) in [6, 6.07) is 2.52. The zero-order valence-corrected chi connectivity index (χ0v) is 10.6. The van der Waals surface area contributed by atoms with Gasteiger partial charge in [0, 0.05) is 17.9 Å². The molecule has 1 N–H and O–H groups in total. The summed E-state index contributed by atoms with van der Waals surface area (Å²) in [4.78, 5) is 4.56. The predicted molar refractivity (Wildman–Crippen MR) is 69.0 cm³/mol. The molecule has 17 heavy (non-hydrogen) atoms. The number of thioether (sulfide) groups is 1. The van der Waals surface area contributed by atoms with Crippen LogP contribution in [0, 0.1) is 5.92 Å². The molecule has 1 saturated heterocycles. The van der Waals surface area contributed by atoms with E-state index in [-0.39, 0.29) is 0 Å². The first kappa shape index (κ1) is 11.1. The van der Waals surface area contributed by atoms with Crippen LogP contribution in [0.2, 0.25) is 0 Å². The Bertz CT molecular complexity index is 390. The number of nitrogens with one attached hydrogen (secondary N) is 1. The third kappa shape index (κ3) is 2.65. The van der Waals surface area contributed by atoms with Crippen molar-refractivity contribution < 1.29 is 4.52 Å². The maximum atomic E-state index is 4.79. The Morgan fingerprint density at radius 3 is 3.29 bits per heavy atom. The second kappa shape index (κ2) is 5.12. The van der Waals surface area contributed by atoms with E-state index in [0.717, 1.165) is 16.8 Å². The van der Waals surface area contributed by atoms with Crippen molar-refractivity contribution in [2.75, 3.05) is 5.75 Å². The van der Waals surface area contributed by atoms with Crippen molar-refractivity contribution in [3.05, 3.63) is 18.0 Å². The van der Waals surface area contributed by atoms with Crippen molar-refractivity contribution in [1.29, 1.82) is 0 Å². The summed E-state index contributed by atoms with van der Waals surface area (Å²) in [7, 11) is 0. The van der Waals surface area contributed by atoms with Gasteiger partial charge in [0.2, 0.25) is 0 Å². The Morgan fingerprint density at radius 1 is 1.47 bits per heavy atom. The van der Waals surface area contributed by atoms with E-state index in [4.69, 9.17) is 4.52 Å². The summed E-state index contributed by atoms with van der Waals surface area (Å²) in [5.74, 6) is 2.06. The number of hydrogen-bond acceptors (Lipinski definition) is 4. The van der Waals surface area contributed by atoms with Gasteiger partial charge in [-0.25, -0.2) is 0 Å². The molecule has 5 heteroatoms. The molecule has 3 rings (SSSR count). The highest BCUT2D eigenvalue weighted by molar-refractivity contribution is 8.13. The van der Waals surface area contributed by atoms with Crippen molar-refractivity contribution in [3.8, 4) is 0 Å². The Kier molecular flexibility index (Phi) is 3.36. The van der Waals surface area contributed by atoms with Crippen LogP contribution in [0.1, 0.15) is 31.4 Å². The largest absolute Gasteiger partial charge is 0.364 e. The first-order valence-electron chi connectivity index (χ1n) is 6.25. The summed E-state index contributed by atoms with van der Waals surface area (Å²) in [5.41, 5.74) is 0.894. The zero-order valence-electron chi connectivity index (χ0n) is 9.76. The van der Waals surface area contributed by atoms with Crippen LogP contribution in [0.5, 0.6) is 0 Å². The molecule has 0 aromatic carbocycles. The number of aromatic nitrogens is 1. The van der Waals surface area contributed by atoms with Crippen molar-refractivity contribution in [3.63, 3.8) is 0 Å². The van der Waals surface area contributed by atoms with E-state index in [0.29, 0.717) is 12.6 Å². The van der Waals surface area contributed by atoms with Gasteiger partial charge in [0.15, 0.2) is 5.17 Å². The van der Waals surface area contributed by atoms with Crippen LogP contribution in [0.25, 0.3) is 0 Å². The molecule has 0 amide bonds. The van der Waals surface area contributed by atoms with Crippen LogP contribution in [0.4, 0.5) is 0 Å². The van der Waals surface area contributed by atoms with Crippen LogP contribution >= 0.6 is 11.8 Å². The molecule has 2 aliphatic rings. The van der Waals surface area contributed by atoms with Gasteiger partial charge in [-0.2, -0.15) is 0 Å². The monoisotopic (exact) mass is 251 g/mol. The molecule has 2 unspecified atom stereocenters. The highest BCUT2D eigenvalue weighted by Gasteiger charge is 2.30. The Balaban J connectivity index is 1.59. The van der Waals surface area contributed by atoms with E-state index >= 15 is 0 Å². The zero-order chi connectivity index (χ0) is 11.5. The third-order valence-electron chi connectivity index (χ3n) is 3.53. The molecule has 1 saturated carbocycles. The first-order valence-corrected chi connectivity index (χ1v) is 7.23. The maximum absolute atomic E-state index is 4.79. The maximum Gasteiger partial charge on any atom is 0.157 e. The lowest BCUT2D eigenvalue weighted by atomic mass is 9.86. The van der Waals surface area contributed by atoms with E-state index in [2.05, 4.69) is 15.5 Å². The number of nitrogens with zero attached hydrogens (tertiary/aromatic N) is 2. The van der Waals surface area contributed by atoms with Crippen molar-refractivity contribution in [1.82, 2.24) is 10.5 Å². The van der Waals surface area contributed by atoms with Crippen LogP contribution in [0.15, 0.2) is 21.8 Å². The molecule has 4 nitrogen and oxygen atoms in total. The van der Waals surface area contributed by atoms with E-state index < -0.39 is 0 Å². The minimum atomic E-state index is 0.614. The average Bonchev–Trinajstić information content (AvgIpc) is 2.89. The summed E-state index contributed by atoms with van der Waals surface area (Å²) in [5, 5.41) is 8.52. The second-order valence-electron chi connectivity index (χ2n) is 4.72. The van der Waals surface area contributed by atoms with Gasteiger partial charge in [-0.15, -0.1) is 0 Å². The molecular formula is C12H17N3OS. The SMILES string of the molecule is c1cc(CN=C2NC3CCCCC3CS2)no1. The molecule has 2 fully saturated rings. The minimum Gasteiger partial charge on any atom is -0.364 e. The van der Waals surface area contributed by atoms with Crippen LogP contribution in [-0.2, 0) is 6.54 Å². The standard InChI is InChI=1S/C12H17N3OS/c1-2-4-11-9(3-1)8-17-12(14-11)13-7-10-5-6-16-15-10/h5-6,9,11H,1-4,7-8H2,(H,13,14). The number of aliphatic imine (C=N–C) groups is 1. The molecule has 1 aromatic heterocycles. The quantitative estimate of drug-likeness (QED) is 0.877. The van der Waals surface area contributed by atoms with Crippen LogP contribution in [-0.4, -0.2) is 22.1 Å². The Morgan fingerprint density at radius 2 is 2.41 bits per heavy atom. The third-order valence-corrected chi connectivity index (χ3v) is 4.64. The van der Waals surface area contributed by atoms with Crippen LogP contribution < -0.4 is 5.32 Å². The molecule has 0 radical (unpaired) electrons. The van der Waals surface area contributed by atoms with Crippen molar-refractivity contribution in [2.45, 2.75) is 38.3 Å². The fourth-order valence-corrected chi connectivity index (χ4v) is 3.71. The topological polar surface area (TPSA) is 50.4 Å². The molecular weight excluding hydrogens is 234 g/mol. The number of rotatable bonds is 2. The lowest BCUT2D eigenvalue weighted by molar-refractivity contribution is 0.311. The number of hydrogen-bond donors (Lipinski definition) is 1. The van der Waals surface area contributed by atoms with Gasteiger partial charge in [0.05, 0.1) is 6.54 Å². The summed E-state index contributed by atoms with van der Waals surface area (Å²) in [6.07, 6.45) is 7.02. The lowest BCUT2D eigenvalue weighted by Crippen LogP contribution is -2.46. The Hall–Kier alpha value is -0.970. The second-order valence-corrected chi connectivity index (χ2v) is 5.73. The van der Waals surface area contributed by atoms with Crippen molar-refractivity contribution >= 4 is 16.9 Å². The van der Waals surface area contributed by atoms with Gasteiger partial charge < -0.3 is 9.84 Å². The van der Waals surface area contributed by atoms with Gasteiger partial charge in [-0.3, -0.25) is 4.99 Å². The highest BCUT2D eigenvalue weighted by atomic mass is 32.2. The number of amidine groups is 1. The van der Waals surface area contributed by atoms with E-state index in [1.807, 2.05) is 17.8 Å². The minimum absolute atomic E-state index is 0.614. The summed E-state index contributed by atoms with van der Waals surface area (Å²) in [6.45, 7) is 0.614. The first-order chi connectivity index (χ1) is 8.42. The van der Waals surface area contributed by atoms with Crippen LogP contribution in [0.3, 0.4) is 0 Å². The van der Waals surface area contributed by atoms with Crippen molar-refractivity contribution in [2.24, 2.45) is 10.9 Å². The molecule has 2 heterocycles. The average molecular weight is 251 g/mol. The summed E-state index contributed by atoms with van der Waals surface area (Å²) < 4.78 is 4.79. The smallest absolute Gasteiger partial charge is 0.157 e. The number of fused-ring (bicyclic) bond motifs is 1. The van der Waals surface area contributed by atoms with E-state index in [9.17, 15) is 0 Å². The van der Waals surface area contributed by atoms with E-state index in [1.165, 1.54) is 31.4 Å². The van der Waals surface area contributed by atoms with Gasteiger partial charge in [-0.1, -0.05) is 29.8 Å². The molecule has 0 bridgehead atoms.